The molecule has 0 aromatic heterocycles. The van der Waals surface area contributed by atoms with Crippen LogP contribution >= 0.6 is 12.2 Å². The number of carbonyl (C=O) groups is 1. The summed E-state index contributed by atoms with van der Waals surface area (Å²) in [5.41, 5.74) is 0.762. The number of methoxy groups -OCH3 is 1. The molecule has 3 rings (SSSR count). The molecule has 0 radical (unpaired) electrons. The highest BCUT2D eigenvalue weighted by Gasteiger charge is 2.27. The van der Waals surface area contributed by atoms with Crippen molar-refractivity contribution in [2.45, 2.75) is 31.8 Å². The summed E-state index contributed by atoms with van der Waals surface area (Å²) in [7, 11) is 1.63. The molecule has 25 heavy (non-hydrogen) atoms. The van der Waals surface area contributed by atoms with Gasteiger partial charge in [0.1, 0.15) is 5.75 Å². The normalized spacial score (nSPS) is 21.2. The molecule has 1 aromatic carbocycles. The van der Waals surface area contributed by atoms with Gasteiger partial charge in [-0.05, 0) is 62.2 Å². The Hall–Kier alpha value is -1.66. The van der Waals surface area contributed by atoms with E-state index in [4.69, 9.17) is 21.7 Å². The molecule has 2 aliphatic heterocycles. The van der Waals surface area contributed by atoms with Gasteiger partial charge < -0.3 is 19.7 Å². The molecule has 2 heterocycles. The molecule has 1 aromatic rings. The van der Waals surface area contributed by atoms with Crippen LogP contribution in [0, 0.1) is 5.92 Å². The third-order valence-electron chi connectivity index (χ3n) is 5.03. The number of hydrogen-bond acceptors (Lipinski definition) is 4. The van der Waals surface area contributed by atoms with Crippen LogP contribution in [0.15, 0.2) is 24.3 Å². The standard InChI is InChI=1S/C19H26N2O3S/c1-23-16-6-4-14(5-7-16)18(22)15-8-10-21(11-9-15)19(25)20-13-17-3-2-12-24-17/h4-7,15,17H,2-3,8-13H2,1H3,(H,20,25)/t17-/m1/s1. The van der Waals surface area contributed by atoms with Crippen LogP contribution in [0.4, 0.5) is 0 Å². The van der Waals surface area contributed by atoms with Gasteiger partial charge in [0.2, 0.25) is 0 Å². The summed E-state index contributed by atoms with van der Waals surface area (Å²) in [5.74, 6) is 1.07. The van der Waals surface area contributed by atoms with Crippen molar-refractivity contribution in [3.8, 4) is 5.75 Å². The van der Waals surface area contributed by atoms with Crippen LogP contribution in [0.3, 0.4) is 0 Å². The molecule has 1 N–H and O–H groups in total. The Morgan fingerprint density at radius 1 is 1.28 bits per heavy atom. The fourth-order valence-corrected chi connectivity index (χ4v) is 3.72. The lowest BCUT2D eigenvalue weighted by Crippen LogP contribution is -2.47. The van der Waals surface area contributed by atoms with E-state index in [1.54, 1.807) is 7.11 Å². The molecule has 0 unspecified atom stereocenters. The topological polar surface area (TPSA) is 50.8 Å². The minimum absolute atomic E-state index is 0.0746. The summed E-state index contributed by atoms with van der Waals surface area (Å²) in [6.45, 7) is 3.29. The van der Waals surface area contributed by atoms with E-state index in [0.717, 1.165) is 68.3 Å². The van der Waals surface area contributed by atoms with Gasteiger partial charge in [0.15, 0.2) is 10.9 Å². The Morgan fingerprint density at radius 2 is 2.00 bits per heavy atom. The van der Waals surface area contributed by atoms with Crippen molar-refractivity contribution < 1.29 is 14.3 Å². The van der Waals surface area contributed by atoms with E-state index in [1.807, 2.05) is 24.3 Å². The molecule has 2 fully saturated rings. The molecule has 2 saturated heterocycles. The number of piperidine rings is 1. The minimum Gasteiger partial charge on any atom is -0.497 e. The number of likely N-dealkylation sites (tertiary alicyclic amines) is 1. The predicted octanol–water partition coefficient (Wildman–Crippen LogP) is 2.64. The van der Waals surface area contributed by atoms with Crippen LogP contribution in [0.1, 0.15) is 36.0 Å². The number of thiocarbonyl (C=S) groups is 1. The quantitative estimate of drug-likeness (QED) is 0.642. The van der Waals surface area contributed by atoms with Gasteiger partial charge >= 0.3 is 0 Å². The average Bonchev–Trinajstić information content (AvgIpc) is 3.19. The van der Waals surface area contributed by atoms with Crippen LogP contribution in [0.5, 0.6) is 5.75 Å². The summed E-state index contributed by atoms with van der Waals surface area (Å²) in [4.78, 5) is 14.8. The maximum atomic E-state index is 12.7. The van der Waals surface area contributed by atoms with Crippen LogP contribution in [-0.4, -0.2) is 55.3 Å². The summed E-state index contributed by atoms with van der Waals surface area (Å²) < 4.78 is 10.8. The van der Waals surface area contributed by atoms with Crippen molar-refractivity contribution in [2.75, 3.05) is 33.4 Å². The van der Waals surface area contributed by atoms with Gasteiger partial charge in [0, 0.05) is 37.7 Å². The van der Waals surface area contributed by atoms with Crippen molar-refractivity contribution in [3.05, 3.63) is 29.8 Å². The van der Waals surface area contributed by atoms with Gasteiger partial charge in [-0.2, -0.15) is 0 Å². The van der Waals surface area contributed by atoms with E-state index in [-0.39, 0.29) is 17.8 Å². The van der Waals surface area contributed by atoms with Crippen molar-refractivity contribution in [1.29, 1.82) is 0 Å². The van der Waals surface area contributed by atoms with E-state index in [9.17, 15) is 4.79 Å². The van der Waals surface area contributed by atoms with E-state index in [0.29, 0.717) is 0 Å². The van der Waals surface area contributed by atoms with E-state index >= 15 is 0 Å². The Balaban J connectivity index is 1.45. The summed E-state index contributed by atoms with van der Waals surface area (Å²) in [6.07, 6.45) is 4.21. The van der Waals surface area contributed by atoms with Crippen molar-refractivity contribution in [2.24, 2.45) is 5.92 Å². The van der Waals surface area contributed by atoms with Crippen LogP contribution in [0.2, 0.25) is 0 Å². The molecule has 0 saturated carbocycles. The van der Waals surface area contributed by atoms with Gasteiger partial charge in [-0.3, -0.25) is 4.79 Å². The van der Waals surface area contributed by atoms with E-state index in [1.165, 1.54) is 0 Å². The zero-order chi connectivity index (χ0) is 17.6. The fourth-order valence-electron chi connectivity index (χ4n) is 3.45. The molecule has 0 spiro atoms. The lowest BCUT2D eigenvalue weighted by atomic mass is 9.89. The molecule has 136 valence electrons. The third-order valence-corrected chi connectivity index (χ3v) is 5.43. The third kappa shape index (κ3) is 4.70. The Morgan fingerprint density at radius 3 is 2.60 bits per heavy atom. The largest absolute Gasteiger partial charge is 0.497 e. The molecular formula is C19H26N2O3S. The number of nitrogens with one attached hydrogen (secondary N) is 1. The minimum atomic E-state index is 0.0746. The lowest BCUT2D eigenvalue weighted by Gasteiger charge is -2.33. The number of nitrogens with zero attached hydrogens (tertiary/aromatic N) is 1. The second-order valence-electron chi connectivity index (χ2n) is 6.68. The van der Waals surface area contributed by atoms with Gasteiger partial charge in [-0.15, -0.1) is 0 Å². The maximum Gasteiger partial charge on any atom is 0.169 e. The van der Waals surface area contributed by atoms with E-state index in [2.05, 4.69) is 10.2 Å². The molecule has 0 bridgehead atoms. The molecule has 6 heteroatoms. The number of carbonyl (C=O) groups excluding carboxylic acids is 1. The maximum absolute atomic E-state index is 12.7. The van der Waals surface area contributed by atoms with Gasteiger partial charge in [0.25, 0.3) is 0 Å². The Bertz CT molecular complexity index is 591. The Kier molecular flexibility index (Phi) is 6.26. The summed E-state index contributed by atoms with van der Waals surface area (Å²) in [6, 6.07) is 7.38. The number of Topliss-reactive ketones (excluding diaryl/α,β-unsaturated/α-hetero) is 1. The second kappa shape index (κ2) is 8.63. The SMILES string of the molecule is COc1ccc(C(=O)C2CCN(C(=S)NC[C@H]3CCCO3)CC2)cc1. The number of rotatable bonds is 5. The lowest BCUT2D eigenvalue weighted by molar-refractivity contribution is 0.0871. The van der Waals surface area contributed by atoms with Crippen LogP contribution in [-0.2, 0) is 4.74 Å². The first-order valence-electron chi connectivity index (χ1n) is 9.00. The van der Waals surface area contributed by atoms with Crippen LogP contribution < -0.4 is 10.1 Å². The first-order chi connectivity index (χ1) is 12.2. The number of benzene rings is 1. The predicted molar refractivity (Wildman–Crippen MR) is 101 cm³/mol. The molecule has 1 atom stereocenters. The molecule has 5 nitrogen and oxygen atoms in total. The monoisotopic (exact) mass is 362 g/mol. The highest BCUT2D eigenvalue weighted by molar-refractivity contribution is 7.80. The zero-order valence-electron chi connectivity index (χ0n) is 14.7. The van der Waals surface area contributed by atoms with Crippen molar-refractivity contribution >= 4 is 23.1 Å². The van der Waals surface area contributed by atoms with E-state index < -0.39 is 0 Å². The van der Waals surface area contributed by atoms with Crippen LogP contribution in [0.25, 0.3) is 0 Å². The number of hydrogen-bond donors (Lipinski definition) is 1. The van der Waals surface area contributed by atoms with Gasteiger partial charge in [-0.25, -0.2) is 0 Å². The highest BCUT2D eigenvalue weighted by Crippen LogP contribution is 2.23. The number of ketones is 1. The smallest absolute Gasteiger partial charge is 0.169 e. The molecule has 2 aliphatic rings. The second-order valence-corrected chi connectivity index (χ2v) is 7.06. The summed E-state index contributed by atoms with van der Waals surface area (Å²) in [5, 5.41) is 4.10. The number of ether oxygens (including phenoxy) is 2. The highest BCUT2D eigenvalue weighted by atomic mass is 32.1. The average molecular weight is 362 g/mol. The zero-order valence-corrected chi connectivity index (χ0v) is 15.5. The Labute approximate surface area is 154 Å². The van der Waals surface area contributed by atoms with Crippen molar-refractivity contribution in [3.63, 3.8) is 0 Å². The van der Waals surface area contributed by atoms with Gasteiger partial charge in [0.05, 0.1) is 13.2 Å². The fraction of sp³-hybridized carbons (Fsp3) is 0.579. The summed E-state index contributed by atoms with van der Waals surface area (Å²) >= 11 is 5.49. The first-order valence-corrected chi connectivity index (χ1v) is 9.41. The molecule has 0 amide bonds. The molecular weight excluding hydrogens is 336 g/mol. The first kappa shape index (κ1) is 18.1. The molecule has 0 aliphatic carbocycles. The van der Waals surface area contributed by atoms with Gasteiger partial charge in [-0.1, -0.05) is 0 Å². The van der Waals surface area contributed by atoms with Crippen molar-refractivity contribution in [1.82, 2.24) is 10.2 Å².